The molecule has 0 radical (unpaired) electrons. The number of morpholine rings is 1. The molecule has 0 amide bonds. The van der Waals surface area contributed by atoms with Crippen LogP contribution in [0.3, 0.4) is 0 Å². The van der Waals surface area contributed by atoms with Crippen LogP contribution in [-0.4, -0.2) is 66.2 Å². The van der Waals surface area contributed by atoms with Gasteiger partial charge in [0.15, 0.2) is 6.29 Å². The third kappa shape index (κ3) is 7.52. The molecule has 0 bridgehead atoms. The first-order chi connectivity index (χ1) is 21.5. The summed E-state index contributed by atoms with van der Waals surface area (Å²) in [5.41, 5.74) is 3.59. The zero-order valence-electron chi connectivity index (χ0n) is 25.7. The number of halogens is 7. The van der Waals surface area contributed by atoms with Crippen LogP contribution in [0.15, 0.2) is 42.5 Å². The maximum atomic E-state index is 13.9. The molecule has 2 heterocycles. The molecule has 1 aliphatic heterocycles. The van der Waals surface area contributed by atoms with Crippen molar-refractivity contribution in [1.29, 1.82) is 0 Å². The Morgan fingerprint density at radius 1 is 0.935 bits per heavy atom. The van der Waals surface area contributed by atoms with Crippen LogP contribution < -0.4 is 5.73 Å². The highest BCUT2D eigenvalue weighted by molar-refractivity contribution is 5.35. The van der Waals surface area contributed by atoms with Crippen molar-refractivity contribution in [1.82, 2.24) is 20.3 Å². The molecule has 0 aliphatic carbocycles. The Bertz CT molecular complexity index is 1410. The molecule has 3 N–H and O–H groups in total. The lowest BCUT2D eigenvalue weighted by atomic mass is 9.83. The quantitative estimate of drug-likeness (QED) is 0.245. The lowest BCUT2D eigenvalue weighted by molar-refractivity contribution is -0.231. The summed E-state index contributed by atoms with van der Waals surface area (Å²) >= 11 is 0. The predicted octanol–water partition coefficient (Wildman–Crippen LogP) is 5.88. The molecule has 1 aromatic heterocycles. The van der Waals surface area contributed by atoms with E-state index in [1.807, 2.05) is 4.90 Å². The van der Waals surface area contributed by atoms with E-state index in [-0.39, 0.29) is 24.8 Å². The van der Waals surface area contributed by atoms with Crippen LogP contribution in [0.5, 0.6) is 0 Å². The van der Waals surface area contributed by atoms with Crippen LogP contribution in [0.1, 0.15) is 66.6 Å². The first-order valence-electron chi connectivity index (χ1n) is 14.3. The predicted molar refractivity (Wildman–Crippen MR) is 150 cm³/mol. The molecule has 0 spiro atoms. The van der Waals surface area contributed by atoms with Crippen LogP contribution in [-0.2, 0) is 43.4 Å². The molecular weight excluding hydrogens is 627 g/mol. The molecule has 46 heavy (non-hydrogen) atoms. The van der Waals surface area contributed by atoms with Crippen LogP contribution >= 0.6 is 0 Å². The summed E-state index contributed by atoms with van der Waals surface area (Å²) in [5.74, 6) is -0.518. The smallest absolute Gasteiger partial charge is 0.379 e. The number of H-pyrrole nitrogens is 1. The molecule has 2 unspecified atom stereocenters. The van der Waals surface area contributed by atoms with E-state index in [0.717, 1.165) is 0 Å². The molecule has 1 fully saturated rings. The topological polar surface area (TPSA) is 108 Å². The first-order valence-corrected chi connectivity index (χ1v) is 14.3. The molecule has 254 valence electrons. The number of nitrogens with zero attached hydrogens (tertiary/aromatic N) is 3. The van der Waals surface area contributed by atoms with Gasteiger partial charge in [0.2, 0.25) is 0 Å². The minimum Gasteiger partial charge on any atom is -0.379 e. The Balaban J connectivity index is 1.71. The molecule has 0 saturated carbocycles. The van der Waals surface area contributed by atoms with Gasteiger partial charge in [-0.2, -0.15) is 41.8 Å². The minimum atomic E-state index is -5.03. The first kappa shape index (κ1) is 35.7. The Labute approximate surface area is 261 Å². The van der Waals surface area contributed by atoms with Gasteiger partial charge in [0.1, 0.15) is 22.7 Å². The van der Waals surface area contributed by atoms with Gasteiger partial charge >= 0.3 is 12.4 Å². The Kier molecular flexibility index (Phi) is 10.8. The third-order valence-electron chi connectivity index (χ3n) is 8.38. The molecule has 9 nitrogen and oxygen atoms in total. The second kappa shape index (κ2) is 13.9. The average Bonchev–Trinajstić information content (AvgIpc) is 3.48. The number of aromatic nitrogens is 3. The number of benzene rings is 2. The average molecular weight is 664 g/mol. The highest BCUT2D eigenvalue weighted by Crippen LogP contribution is 2.40. The maximum Gasteiger partial charge on any atom is 0.416 e. The van der Waals surface area contributed by atoms with Crippen molar-refractivity contribution < 1.29 is 49.7 Å². The summed E-state index contributed by atoms with van der Waals surface area (Å²) in [6, 6.07) is 5.90. The number of aromatic amines is 1. The van der Waals surface area contributed by atoms with Crippen LogP contribution in [0, 0.1) is 5.82 Å². The van der Waals surface area contributed by atoms with Crippen molar-refractivity contribution in [3.05, 3.63) is 81.9 Å². The number of ether oxygens (including phenoxy) is 4. The summed E-state index contributed by atoms with van der Waals surface area (Å²) in [6.45, 7) is 5.31. The van der Waals surface area contributed by atoms with Crippen LogP contribution in [0.2, 0.25) is 0 Å². The van der Waals surface area contributed by atoms with Gasteiger partial charge in [-0.15, -0.1) is 0 Å². The number of hydrogen-bond donors (Lipinski definition) is 2. The zero-order valence-corrected chi connectivity index (χ0v) is 25.7. The number of nitrogens with two attached hydrogens (primary N) is 1. The van der Waals surface area contributed by atoms with Gasteiger partial charge in [0.25, 0.3) is 0 Å². The largest absolute Gasteiger partial charge is 0.416 e. The van der Waals surface area contributed by atoms with Crippen molar-refractivity contribution >= 4 is 0 Å². The van der Waals surface area contributed by atoms with Gasteiger partial charge in [-0.25, -0.2) is 4.39 Å². The fourth-order valence-electron chi connectivity index (χ4n) is 5.51. The fraction of sp³-hybridized carbons (Fsp3) is 0.533. The van der Waals surface area contributed by atoms with Crippen LogP contribution in [0.25, 0.3) is 0 Å². The van der Waals surface area contributed by atoms with Gasteiger partial charge in [-0.3, -0.25) is 4.90 Å². The van der Waals surface area contributed by atoms with Gasteiger partial charge in [0, 0.05) is 27.3 Å². The highest BCUT2D eigenvalue weighted by atomic mass is 19.4. The van der Waals surface area contributed by atoms with Gasteiger partial charge in [0.05, 0.1) is 42.1 Å². The lowest BCUT2D eigenvalue weighted by Gasteiger charge is -2.42. The van der Waals surface area contributed by atoms with Gasteiger partial charge < -0.3 is 24.7 Å². The molecule has 2 aromatic carbocycles. The molecule has 1 saturated heterocycles. The molecule has 5 atom stereocenters. The van der Waals surface area contributed by atoms with Crippen molar-refractivity contribution in [3.63, 3.8) is 0 Å². The third-order valence-corrected chi connectivity index (χ3v) is 8.38. The van der Waals surface area contributed by atoms with Gasteiger partial charge in [-0.1, -0.05) is 12.1 Å². The second-order valence-electron chi connectivity index (χ2n) is 11.1. The molecule has 4 rings (SSSR count). The highest BCUT2D eigenvalue weighted by Gasteiger charge is 2.46. The van der Waals surface area contributed by atoms with Crippen molar-refractivity contribution in [3.8, 4) is 0 Å². The van der Waals surface area contributed by atoms with Crippen molar-refractivity contribution in [2.75, 3.05) is 27.4 Å². The van der Waals surface area contributed by atoms with Gasteiger partial charge in [-0.05, 0) is 62.2 Å². The van der Waals surface area contributed by atoms with E-state index in [1.54, 1.807) is 13.8 Å². The van der Waals surface area contributed by atoms with E-state index in [9.17, 15) is 30.7 Å². The summed E-state index contributed by atoms with van der Waals surface area (Å²) < 4.78 is 118. The number of hydrogen-bond acceptors (Lipinski definition) is 8. The molecule has 3 aromatic rings. The molecule has 16 heteroatoms. The maximum absolute atomic E-state index is 13.9. The van der Waals surface area contributed by atoms with E-state index < -0.39 is 65.5 Å². The van der Waals surface area contributed by atoms with E-state index in [4.69, 9.17) is 24.7 Å². The minimum absolute atomic E-state index is 0.0538. The Morgan fingerprint density at radius 2 is 1.50 bits per heavy atom. The Morgan fingerprint density at radius 3 is 2.02 bits per heavy atom. The van der Waals surface area contributed by atoms with Crippen molar-refractivity contribution in [2.24, 2.45) is 5.73 Å². The summed E-state index contributed by atoms with van der Waals surface area (Å²) in [5, 5.41) is 11.2. The Hall–Kier alpha value is -3.15. The fourth-order valence-corrected chi connectivity index (χ4v) is 5.51. The zero-order chi connectivity index (χ0) is 34.0. The number of methoxy groups -OCH3 is 2. The number of alkyl halides is 6. The van der Waals surface area contributed by atoms with E-state index in [0.29, 0.717) is 35.6 Å². The molecular formula is C30H36F7N5O4. The van der Waals surface area contributed by atoms with E-state index in [2.05, 4.69) is 15.4 Å². The monoisotopic (exact) mass is 663 g/mol. The number of rotatable bonds is 11. The van der Waals surface area contributed by atoms with E-state index >= 15 is 0 Å². The lowest BCUT2D eigenvalue weighted by Crippen LogP contribution is -2.57. The standard InChI is InChI=1S/C30H36F7N5O4/c1-16(20-12-21(29(32,33)34)14-22(13-20)30(35,36)37)46-27-25(19-6-8-23(31)9-7-19)42(10-11-45-27)15-24-26(40-41-39-24)28(38,17(2)43-4)18(3)44-5/h6-9,12-14,16-18,25,27H,10-11,15,38H2,1-5H3,(H,39,40,41)/t16-,17?,18?,25+,27-,28?/m1/s1. The molecule has 1 aliphatic rings. The summed E-state index contributed by atoms with van der Waals surface area (Å²) in [4.78, 5) is 1.87. The SMILES string of the molecule is COC(C)C(N)(c1n[nH]nc1CN1CCO[C@H](O[C@H](C)c2cc(C(F)(F)F)cc(C(F)(F)F)c2)[C@@H]1c1ccc(F)cc1)C(C)OC. The second-order valence-corrected chi connectivity index (χ2v) is 11.1. The number of nitrogens with one attached hydrogen (secondary N) is 1. The summed E-state index contributed by atoms with van der Waals surface area (Å²) in [7, 11) is 2.98. The van der Waals surface area contributed by atoms with Crippen LogP contribution in [0.4, 0.5) is 30.7 Å². The summed E-state index contributed by atoms with van der Waals surface area (Å²) in [6.07, 6.45) is -13.7. The van der Waals surface area contributed by atoms with Crippen molar-refractivity contribution in [2.45, 2.75) is 75.9 Å². The van der Waals surface area contributed by atoms with E-state index in [1.165, 1.54) is 45.4 Å². The normalized spacial score (nSPS) is 21.5.